The van der Waals surface area contributed by atoms with Gasteiger partial charge in [0.15, 0.2) is 5.78 Å². The van der Waals surface area contributed by atoms with Crippen molar-refractivity contribution in [2.45, 2.75) is 16.8 Å². The summed E-state index contributed by atoms with van der Waals surface area (Å²) in [5.41, 5.74) is 2.41. The van der Waals surface area contributed by atoms with Gasteiger partial charge < -0.3 is 15.3 Å². The van der Waals surface area contributed by atoms with E-state index in [1.807, 2.05) is 31.1 Å². The third-order valence-corrected chi connectivity index (χ3v) is 8.84. The van der Waals surface area contributed by atoms with Crippen molar-refractivity contribution in [3.63, 3.8) is 0 Å². The fourth-order valence-corrected chi connectivity index (χ4v) is 6.99. The van der Waals surface area contributed by atoms with Gasteiger partial charge in [-0.3, -0.25) is 9.59 Å². The largest absolute Gasteiger partial charge is 0.389 e. The average Bonchev–Trinajstić information content (AvgIpc) is 3.31. The van der Waals surface area contributed by atoms with E-state index in [1.165, 1.54) is 0 Å². The number of nitrogens with one attached hydrogen (secondary N) is 1. The number of Topliss-reactive ketones (excluding diaryl/α,β-unsaturated/α-hetero) is 1. The Hall–Kier alpha value is -3.05. The summed E-state index contributed by atoms with van der Waals surface area (Å²) >= 11 is 0.952. The highest BCUT2D eigenvalue weighted by Crippen LogP contribution is 2.43. The third kappa shape index (κ3) is 4.42. The van der Waals surface area contributed by atoms with Crippen LogP contribution in [0.15, 0.2) is 64.9 Å². The summed E-state index contributed by atoms with van der Waals surface area (Å²) in [4.78, 5) is 27.0. The van der Waals surface area contributed by atoms with Gasteiger partial charge in [0, 0.05) is 37.5 Å². The minimum absolute atomic E-state index is 0.0210. The number of aliphatic hydroxyl groups excluding tert-OH is 1. The SMILES string of the molecule is CN(C)c1ccc(C(=O)Nc2cc3c(s2)S(=O)(=O)N(C(C(=O)CO)c2ccccc2)C3)cc1. The quantitative estimate of drug-likeness (QED) is 0.533. The maximum atomic E-state index is 13.3. The van der Waals surface area contributed by atoms with E-state index >= 15 is 0 Å². The normalized spacial score (nSPS) is 15.6. The molecule has 1 atom stereocenters. The van der Waals surface area contributed by atoms with Crippen LogP contribution in [0.4, 0.5) is 10.7 Å². The van der Waals surface area contributed by atoms with E-state index in [1.54, 1.807) is 48.5 Å². The van der Waals surface area contributed by atoms with Crippen molar-refractivity contribution in [1.29, 1.82) is 0 Å². The van der Waals surface area contributed by atoms with Crippen LogP contribution in [0.3, 0.4) is 0 Å². The van der Waals surface area contributed by atoms with Crippen LogP contribution in [-0.4, -0.2) is 50.2 Å². The number of carbonyl (C=O) groups is 2. The van der Waals surface area contributed by atoms with Crippen LogP contribution in [0.5, 0.6) is 0 Å². The van der Waals surface area contributed by atoms with Crippen LogP contribution in [-0.2, 0) is 21.4 Å². The second-order valence-corrected chi connectivity index (χ2v) is 10.9. The number of hydrogen-bond donors (Lipinski definition) is 2. The van der Waals surface area contributed by atoms with E-state index in [2.05, 4.69) is 5.32 Å². The standard InChI is InChI=1S/C23H23N3O5S2/c1-25(2)18-10-8-16(9-11-18)22(29)24-20-12-17-13-26(33(30,31)23(17)32-20)21(19(28)14-27)15-6-4-3-5-7-15/h3-12,21,27H,13-14H2,1-2H3,(H,24,29). The van der Waals surface area contributed by atoms with E-state index in [-0.39, 0.29) is 16.7 Å². The zero-order chi connectivity index (χ0) is 23.8. The molecule has 1 aliphatic heterocycles. The van der Waals surface area contributed by atoms with Gasteiger partial charge in [0.1, 0.15) is 16.9 Å². The molecule has 0 fully saturated rings. The third-order valence-electron chi connectivity index (χ3n) is 5.39. The molecule has 8 nitrogen and oxygen atoms in total. The Kier molecular flexibility index (Phi) is 6.35. The van der Waals surface area contributed by atoms with E-state index < -0.39 is 28.5 Å². The Balaban J connectivity index is 1.57. The molecular formula is C23H23N3O5S2. The summed E-state index contributed by atoms with van der Waals surface area (Å²) in [6.45, 7) is -0.792. The Labute approximate surface area is 196 Å². The van der Waals surface area contributed by atoms with Crippen molar-refractivity contribution in [3.8, 4) is 0 Å². The highest BCUT2D eigenvalue weighted by Gasteiger charge is 2.44. The smallest absolute Gasteiger partial charge is 0.256 e. The van der Waals surface area contributed by atoms with Gasteiger partial charge in [0.25, 0.3) is 15.9 Å². The zero-order valence-electron chi connectivity index (χ0n) is 18.1. The molecule has 172 valence electrons. The lowest BCUT2D eigenvalue weighted by Crippen LogP contribution is -2.36. The molecule has 0 saturated carbocycles. The van der Waals surface area contributed by atoms with E-state index in [4.69, 9.17) is 0 Å². The van der Waals surface area contributed by atoms with Crippen molar-refractivity contribution in [1.82, 2.24) is 4.31 Å². The lowest BCUT2D eigenvalue weighted by Gasteiger charge is -2.25. The maximum absolute atomic E-state index is 13.3. The minimum atomic E-state index is -3.98. The van der Waals surface area contributed by atoms with Crippen molar-refractivity contribution in [3.05, 3.63) is 77.4 Å². The highest BCUT2D eigenvalue weighted by atomic mass is 32.2. The lowest BCUT2D eigenvalue weighted by atomic mass is 10.0. The number of aliphatic hydroxyl groups is 1. The van der Waals surface area contributed by atoms with Gasteiger partial charge in [-0.15, -0.1) is 11.3 Å². The van der Waals surface area contributed by atoms with Gasteiger partial charge in [0.2, 0.25) is 0 Å². The Morgan fingerprint density at radius 2 is 1.79 bits per heavy atom. The number of sulfonamides is 1. The fourth-order valence-electron chi connectivity index (χ4n) is 3.72. The van der Waals surface area contributed by atoms with Gasteiger partial charge in [-0.1, -0.05) is 30.3 Å². The molecule has 2 aromatic carbocycles. The number of anilines is 2. The molecule has 0 bridgehead atoms. The van der Waals surface area contributed by atoms with Crippen molar-refractivity contribution < 1.29 is 23.1 Å². The first-order valence-corrected chi connectivity index (χ1v) is 12.4. The topological polar surface area (TPSA) is 107 Å². The van der Waals surface area contributed by atoms with Crippen LogP contribution in [0.1, 0.15) is 27.5 Å². The molecule has 1 aliphatic rings. The highest BCUT2D eigenvalue weighted by molar-refractivity contribution is 7.91. The molecule has 0 radical (unpaired) electrons. The summed E-state index contributed by atoms with van der Waals surface area (Å²) < 4.78 is 27.7. The molecule has 10 heteroatoms. The second-order valence-electron chi connectivity index (χ2n) is 7.81. The average molecular weight is 486 g/mol. The molecular weight excluding hydrogens is 462 g/mol. The van der Waals surface area contributed by atoms with Crippen LogP contribution in [0, 0.1) is 0 Å². The number of carbonyl (C=O) groups excluding carboxylic acids is 2. The first kappa shape index (κ1) is 23.1. The molecule has 4 rings (SSSR count). The van der Waals surface area contributed by atoms with Crippen LogP contribution >= 0.6 is 11.3 Å². The zero-order valence-corrected chi connectivity index (χ0v) is 19.7. The molecule has 3 aromatic rings. The molecule has 0 saturated heterocycles. The number of hydrogen-bond acceptors (Lipinski definition) is 7. The predicted octanol–water partition coefficient (Wildman–Crippen LogP) is 2.87. The van der Waals surface area contributed by atoms with E-state index in [0.29, 0.717) is 21.7 Å². The van der Waals surface area contributed by atoms with E-state index in [0.717, 1.165) is 21.3 Å². The number of thiophene rings is 1. The number of amides is 1. The van der Waals surface area contributed by atoms with Crippen molar-refractivity contribution in [2.75, 3.05) is 30.9 Å². The van der Waals surface area contributed by atoms with Crippen LogP contribution < -0.4 is 10.2 Å². The Bertz CT molecular complexity index is 1290. The summed E-state index contributed by atoms with van der Waals surface area (Å²) in [6.07, 6.45) is 0. The molecule has 33 heavy (non-hydrogen) atoms. The number of benzene rings is 2. The number of rotatable bonds is 7. The summed E-state index contributed by atoms with van der Waals surface area (Å²) in [5.74, 6) is -0.943. The first-order chi connectivity index (χ1) is 15.7. The van der Waals surface area contributed by atoms with Crippen LogP contribution in [0.25, 0.3) is 0 Å². The monoisotopic (exact) mass is 485 g/mol. The molecule has 1 aromatic heterocycles. The van der Waals surface area contributed by atoms with Gasteiger partial charge in [-0.05, 0) is 35.9 Å². The number of fused-ring (bicyclic) bond motifs is 1. The molecule has 2 heterocycles. The number of nitrogens with zero attached hydrogens (tertiary/aromatic N) is 2. The van der Waals surface area contributed by atoms with E-state index in [9.17, 15) is 23.1 Å². The maximum Gasteiger partial charge on any atom is 0.256 e. The lowest BCUT2D eigenvalue weighted by molar-refractivity contribution is -0.125. The summed E-state index contributed by atoms with van der Waals surface area (Å²) in [5, 5.41) is 12.6. The van der Waals surface area contributed by atoms with Crippen LogP contribution in [0.2, 0.25) is 0 Å². The molecule has 0 spiro atoms. The Morgan fingerprint density at radius 3 is 2.36 bits per heavy atom. The number of ketones is 1. The minimum Gasteiger partial charge on any atom is -0.389 e. The van der Waals surface area contributed by atoms with Gasteiger partial charge >= 0.3 is 0 Å². The van der Waals surface area contributed by atoms with Gasteiger partial charge in [0.05, 0.1) is 5.00 Å². The fraction of sp³-hybridized carbons (Fsp3) is 0.217. The molecule has 2 N–H and O–H groups in total. The van der Waals surface area contributed by atoms with Gasteiger partial charge in [-0.2, -0.15) is 4.31 Å². The summed E-state index contributed by atoms with van der Waals surface area (Å²) in [7, 11) is -0.170. The molecule has 0 aliphatic carbocycles. The predicted molar refractivity (Wildman–Crippen MR) is 127 cm³/mol. The summed E-state index contributed by atoms with van der Waals surface area (Å²) in [6, 6.07) is 16.1. The van der Waals surface area contributed by atoms with Crippen molar-refractivity contribution in [2.24, 2.45) is 0 Å². The molecule has 1 unspecified atom stereocenters. The Morgan fingerprint density at radius 1 is 1.12 bits per heavy atom. The van der Waals surface area contributed by atoms with Crippen molar-refractivity contribution >= 4 is 43.7 Å². The second kappa shape index (κ2) is 9.06. The first-order valence-electron chi connectivity index (χ1n) is 10.1. The van der Waals surface area contributed by atoms with Gasteiger partial charge in [-0.25, -0.2) is 8.42 Å². The molecule has 1 amide bonds.